The predicted octanol–water partition coefficient (Wildman–Crippen LogP) is 4.64. The summed E-state index contributed by atoms with van der Waals surface area (Å²) in [5.41, 5.74) is 3.77. The predicted molar refractivity (Wildman–Crippen MR) is 130 cm³/mol. The van der Waals surface area contributed by atoms with Crippen molar-refractivity contribution < 1.29 is 28.6 Å². The number of carbonyl (C=O) groups excluding carboxylic acids is 3. The standard InChI is InChI=1S/C26H29ClN2O6/c1-26(2,3)35-25(32)29-13-16(12-22(29)23(30)34-15-27)28-24(31)33-14-21-19-10-6-4-8-17(19)18-9-5-7-11-20(18)21/h4-11,16,21-22H,12-15H2,1-3H3,(H,28,31)/t16-,22+/m1/s1. The van der Waals surface area contributed by atoms with Crippen LogP contribution in [0.5, 0.6) is 0 Å². The van der Waals surface area contributed by atoms with Crippen molar-refractivity contribution in [2.24, 2.45) is 0 Å². The molecule has 2 aromatic carbocycles. The van der Waals surface area contributed by atoms with Crippen molar-refractivity contribution in [1.29, 1.82) is 0 Å². The van der Waals surface area contributed by atoms with Crippen LogP contribution >= 0.6 is 11.6 Å². The van der Waals surface area contributed by atoms with E-state index in [0.717, 1.165) is 22.3 Å². The molecule has 8 nitrogen and oxygen atoms in total. The quantitative estimate of drug-likeness (QED) is 0.365. The van der Waals surface area contributed by atoms with Gasteiger partial charge in [0, 0.05) is 18.9 Å². The van der Waals surface area contributed by atoms with Gasteiger partial charge in [0.2, 0.25) is 0 Å². The molecule has 1 heterocycles. The lowest BCUT2D eigenvalue weighted by atomic mass is 9.98. The Hall–Kier alpha value is -3.26. The van der Waals surface area contributed by atoms with E-state index in [1.54, 1.807) is 20.8 Å². The third kappa shape index (κ3) is 5.53. The van der Waals surface area contributed by atoms with Gasteiger partial charge in [0.15, 0.2) is 6.07 Å². The van der Waals surface area contributed by atoms with Crippen LogP contribution in [0.2, 0.25) is 0 Å². The van der Waals surface area contributed by atoms with Gasteiger partial charge in [0.1, 0.15) is 18.2 Å². The van der Waals surface area contributed by atoms with Crippen molar-refractivity contribution in [2.45, 2.75) is 50.8 Å². The highest BCUT2D eigenvalue weighted by atomic mass is 35.5. The van der Waals surface area contributed by atoms with Gasteiger partial charge in [-0.1, -0.05) is 60.1 Å². The molecular weight excluding hydrogens is 472 g/mol. The van der Waals surface area contributed by atoms with Crippen LogP contribution in [0.25, 0.3) is 11.1 Å². The number of nitrogens with zero attached hydrogens (tertiary/aromatic N) is 1. The van der Waals surface area contributed by atoms with Crippen LogP contribution in [0.1, 0.15) is 44.2 Å². The van der Waals surface area contributed by atoms with E-state index in [0.29, 0.717) is 0 Å². The summed E-state index contributed by atoms with van der Waals surface area (Å²) >= 11 is 5.54. The van der Waals surface area contributed by atoms with Crippen LogP contribution in [0.4, 0.5) is 9.59 Å². The lowest BCUT2D eigenvalue weighted by Crippen LogP contribution is -2.44. The Labute approximate surface area is 209 Å². The van der Waals surface area contributed by atoms with Crippen molar-refractivity contribution in [3.63, 3.8) is 0 Å². The van der Waals surface area contributed by atoms with Gasteiger partial charge < -0.3 is 19.5 Å². The topological polar surface area (TPSA) is 94.2 Å². The molecule has 0 radical (unpaired) electrons. The van der Waals surface area contributed by atoms with E-state index in [1.807, 2.05) is 36.4 Å². The molecular formula is C26H29ClN2O6. The van der Waals surface area contributed by atoms with E-state index >= 15 is 0 Å². The number of rotatable bonds is 5. The lowest BCUT2D eigenvalue weighted by molar-refractivity contribution is -0.146. The molecule has 4 rings (SSSR count). The smallest absolute Gasteiger partial charge is 0.411 e. The minimum absolute atomic E-state index is 0.0681. The highest BCUT2D eigenvalue weighted by molar-refractivity contribution is 6.17. The molecule has 0 saturated carbocycles. The first-order valence-corrected chi connectivity index (χ1v) is 12.0. The van der Waals surface area contributed by atoms with Gasteiger partial charge in [-0.2, -0.15) is 0 Å². The van der Waals surface area contributed by atoms with Gasteiger partial charge >= 0.3 is 18.2 Å². The molecule has 186 valence electrons. The number of alkyl carbamates (subject to hydrolysis) is 1. The molecule has 1 aliphatic heterocycles. The number of esters is 1. The number of carbonyl (C=O) groups is 3. The molecule has 1 N–H and O–H groups in total. The van der Waals surface area contributed by atoms with Gasteiger partial charge in [-0.15, -0.1) is 0 Å². The molecule has 0 bridgehead atoms. The van der Waals surface area contributed by atoms with Crippen LogP contribution in [-0.4, -0.2) is 60.0 Å². The molecule has 2 atom stereocenters. The number of ether oxygens (including phenoxy) is 3. The first-order valence-electron chi connectivity index (χ1n) is 11.5. The summed E-state index contributed by atoms with van der Waals surface area (Å²) < 4.78 is 15.9. The second-order valence-electron chi connectivity index (χ2n) is 9.62. The van der Waals surface area contributed by atoms with Crippen molar-refractivity contribution >= 4 is 29.8 Å². The average molecular weight is 501 g/mol. The Morgan fingerprint density at radius 2 is 1.60 bits per heavy atom. The average Bonchev–Trinajstić information content (AvgIpc) is 3.36. The highest BCUT2D eigenvalue weighted by Crippen LogP contribution is 2.44. The zero-order valence-electron chi connectivity index (χ0n) is 20.0. The van der Waals surface area contributed by atoms with Crippen molar-refractivity contribution in [3.8, 4) is 11.1 Å². The minimum atomic E-state index is -0.914. The number of likely N-dealkylation sites (tertiary alicyclic amines) is 1. The first kappa shape index (κ1) is 24.9. The molecule has 1 fully saturated rings. The molecule has 2 amide bonds. The second kappa shape index (κ2) is 10.2. The van der Waals surface area contributed by atoms with E-state index in [1.165, 1.54) is 4.90 Å². The number of alkyl halides is 1. The summed E-state index contributed by atoms with van der Waals surface area (Å²) in [6.45, 7) is 5.46. The zero-order chi connectivity index (χ0) is 25.2. The first-order chi connectivity index (χ1) is 16.7. The Balaban J connectivity index is 1.40. The molecule has 0 spiro atoms. The van der Waals surface area contributed by atoms with E-state index in [9.17, 15) is 14.4 Å². The van der Waals surface area contributed by atoms with E-state index in [4.69, 9.17) is 25.8 Å². The van der Waals surface area contributed by atoms with Gasteiger partial charge in [0.05, 0.1) is 6.04 Å². The third-order valence-electron chi connectivity index (χ3n) is 6.06. The fraction of sp³-hybridized carbons (Fsp3) is 0.423. The van der Waals surface area contributed by atoms with Crippen LogP contribution in [0.15, 0.2) is 48.5 Å². The molecule has 0 aromatic heterocycles. The number of fused-ring (bicyclic) bond motifs is 3. The normalized spacial score (nSPS) is 19.0. The van der Waals surface area contributed by atoms with Crippen LogP contribution < -0.4 is 5.32 Å². The molecule has 2 aromatic rings. The third-order valence-corrected chi connectivity index (χ3v) is 6.17. The van der Waals surface area contributed by atoms with Crippen molar-refractivity contribution in [1.82, 2.24) is 10.2 Å². The Bertz CT molecular complexity index is 1070. The highest BCUT2D eigenvalue weighted by Gasteiger charge is 2.43. The largest absolute Gasteiger partial charge is 0.449 e. The molecule has 1 saturated heterocycles. The summed E-state index contributed by atoms with van der Waals surface area (Å²) in [4.78, 5) is 39.0. The van der Waals surface area contributed by atoms with Gasteiger partial charge in [-0.3, -0.25) is 4.90 Å². The van der Waals surface area contributed by atoms with Crippen molar-refractivity contribution in [2.75, 3.05) is 19.2 Å². The summed E-state index contributed by atoms with van der Waals surface area (Å²) in [5, 5.41) is 2.77. The summed E-state index contributed by atoms with van der Waals surface area (Å²) in [5.74, 6) is -0.718. The van der Waals surface area contributed by atoms with Crippen LogP contribution in [0, 0.1) is 0 Å². The summed E-state index contributed by atoms with van der Waals surface area (Å²) in [6.07, 6.45) is -1.11. The number of benzene rings is 2. The Morgan fingerprint density at radius 1 is 1.00 bits per heavy atom. The Kier molecular flexibility index (Phi) is 7.21. The number of hydrogen-bond donors (Lipinski definition) is 1. The summed E-state index contributed by atoms with van der Waals surface area (Å²) in [6, 6.07) is 14.4. The SMILES string of the molecule is CC(C)(C)OC(=O)N1C[C@H](NC(=O)OCC2c3ccccc3-c3ccccc32)C[C@H]1C(=O)OCCl. The fourth-order valence-corrected chi connectivity index (χ4v) is 4.75. The molecule has 2 aliphatic rings. The molecule has 0 unspecified atom stereocenters. The van der Waals surface area contributed by atoms with Gasteiger partial charge in [-0.25, -0.2) is 14.4 Å². The zero-order valence-corrected chi connectivity index (χ0v) is 20.7. The molecule has 9 heteroatoms. The molecule has 35 heavy (non-hydrogen) atoms. The van der Waals surface area contributed by atoms with Crippen molar-refractivity contribution in [3.05, 3.63) is 59.7 Å². The number of nitrogens with one attached hydrogen (secondary N) is 1. The summed E-state index contributed by atoms with van der Waals surface area (Å²) in [7, 11) is 0. The maximum atomic E-state index is 12.7. The maximum Gasteiger partial charge on any atom is 0.411 e. The van der Waals surface area contributed by atoms with Gasteiger partial charge in [-0.05, 0) is 43.0 Å². The van der Waals surface area contributed by atoms with E-state index in [-0.39, 0.29) is 31.6 Å². The van der Waals surface area contributed by atoms with Gasteiger partial charge in [0.25, 0.3) is 0 Å². The van der Waals surface area contributed by atoms with E-state index in [2.05, 4.69) is 17.4 Å². The monoisotopic (exact) mass is 500 g/mol. The number of amides is 2. The maximum absolute atomic E-state index is 12.7. The minimum Gasteiger partial charge on any atom is -0.449 e. The van der Waals surface area contributed by atoms with Crippen LogP contribution in [0.3, 0.4) is 0 Å². The van der Waals surface area contributed by atoms with Crippen LogP contribution in [-0.2, 0) is 19.0 Å². The fourth-order valence-electron chi connectivity index (χ4n) is 4.64. The lowest BCUT2D eigenvalue weighted by Gasteiger charge is -2.27. The number of hydrogen-bond acceptors (Lipinski definition) is 6. The Morgan fingerprint density at radius 3 is 2.17 bits per heavy atom. The second-order valence-corrected chi connectivity index (χ2v) is 9.84. The van der Waals surface area contributed by atoms with E-state index < -0.39 is 35.8 Å². The number of halogens is 1. The molecule has 1 aliphatic carbocycles.